The first kappa shape index (κ1) is 37.6. The van der Waals surface area contributed by atoms with E-state index in [0.717, 1.165) is 38.1 Å². The topological polar surface area (TPSA) is 49.0 Å². The van der Waals surface area contributed by atoms with Crippen LogP contribution in [0.15, 0.2) is 319 Å². The van der Waals surface area contributed by atoms with E-state index in [-0.39, 0.29) is 50.3 Å². The Bertz CT molecular complexity index is 7520. The van der Waals surface area contributed by atoms with Gasteiger partial charge in [-0.05, 0) is 177 Å². The average Bonchev–Trinajstić information content (AvgIpc) is 0.874. The van der Waals surface area contributed by atoms with E-state index < -0.39 is 225 Å². The Balaban J connectivity index is 1.03. The maximum absolute atomic E-state index is 11.2. The first-order valence-electron chi connectivity index (χ1n) is 45.5. The van der Waals surface area contributed by atoms with Crippen LogP contribution in [0.1, 0.15) is 89.7 Å². The predicted molar refractivity (Wildman–Crippen MR) is 411 cm³/mol. The first-order valence-corrected chi connectivity index (χ1v) is 34.0. The van der Waals surface area contributed by atoms with Gasteiger partial charge in [-0.2, -0.15) is 0 Å². The number of aromatic nitrogens is 4. The number of hydrogen-bond acceptors (Lipinski definition) is 3. The summed E-state index contributed by atoms with van der Waals surface area (Å²) in [6.07, 6.45) is 5.36. The molecule has 0 saturated heterocycles. The lowest BCUT2D eigenvalue weighted by Crippen LogP contribution is -2.74. The summed E-state index contributed by atoms with van der Waals surface area (Å²) >= 11 is 0. The van der Waals surface area contributed by atoms with Crippen molar-refractivity contribution in [2.24, 2.45) is 0 Å². The minimum atomic E-state index is -6.52. The molecule has 17 aromatic rings. The number of furan rings is 1. The molecular formula is C92H70N4O2Si. The lowest BCUT2D eigenvalue weighted by molar-refractivity contribution is -0.571. The number of benzene rings is 13. The minimum Gasteiger partial charge on any atom is -0.458 e. The molecule has 0 radical (unpaired) electrons. The monoisotopic (exact) mass is 1320 g/mol. The van der Waals surface area contributed by atoms with Crippen LogP contribution in [0.4, 0.5) is 0 Å². The largest absolute Gasteiger partial charge is 0.458 e. The highest BCUT2D eigenvalue weighted by Crippen LogP contribution is 2.48. The summed E-state index contributed by atoms with van der Waals surface area (Å²) in [5.41, 5.74) is 1.75. The van der Waals surface area contributed by atoms with Gasteiger partial charge in [-0.25, -0.2) is 4.98 Å². The molecule has 13 aromatic carbocycles. The molecule has 474 valence electrons. The highest BCUT2D eigenvalue weighted by Gasteiger charge is 2.42. The molecule has 0 bridgehead atoms. The summed E-state index contributed by atoms with van der Waals surface area (Å²) in [5.74, 6) is 1.20. The fourth-order valence-corrected chi connectivity index (χ4v) is 17.5. The van der Waals surface area contributed by atoms with Crippen LogP contribution < -0.4 is 30.1 Å². The van der Waals surface area contributed by atoms with Crippen molar-refractivity contribution in [1.82, 2.24) is 14.1 Å². The van der Waals surface area contributed by atoms with Crippen molar-refractivity contribution >= 4 is 83.6 Å². The molecule has 18 rings (SSSR count). The fraction of sp³-hybridized carbons (Fsp3) is 0.0870. The fourth-order valence-electron chi connectivity index (χ4n) is 13.9. The minimum absolute atomic E-state index is 0.0311. The van der Waals surface area contributed by atoms with E-state index in [2.05, 4.69) is 31.7 Å². The van der Waals surface area contributed by atoms with Crippen LogP contribution in [0, 0.1) is 6.33 Å². The number of para-hydroxylation sites is 2. The van der Waals surface area contributed by atoms with Crippen molar-refractivity contribution in [3.8, 4) is 84.3 Å². The molecule has 1 aliphatic rings. The molecule has 6 nitrogen and oxygen atoms in total. The van der Waals surface area contributed by atoms with E-state index in [1.165, 1.54) is 16.7 Å². The standard InChI is InChI=1S/C92H70N4O2Si/c1-91(2,3)63-48-49-93-89(54-63)96-83-42-22-20-40-75(83)76-46-45-66(56-85(76)96)97-65-28-25-27-64(55-65)94-59-95-84-58-78(61-44-47-88-80(51-61)77-41-21-23-43-87(77)98-88)82(92(4,5)6)57-79(84)73-38-18-16-36-71(73)72-37-17-19-39-74(72)81-52-62(53-86(94)90(81)95)60-26-24-35-70(50-60)99(67-29-10-7-11-30-67,68-31-12-8-13-32-68)69-33-14-9-15-34-69/h7-58H,1-6H3/i7D,8D,9D,10D,11D,12D,13D,14D,15D,16D,17D,18D,19D,24D,26D,29D,30D,31D,32D,33D,34D,35D,36D,37D,38D,39D,50D. The molecule has 0 fully saturated rings. The molecule has 7 heteroatoms. The zero-order valence-corrected chi connectivity index (χ0v) is 55.0. The van der Waals surface area contributed by atoms with Crippen molar-refractivity contribution in [3.63, 3.8) is 0 Å². The molecular weight excluding hydrogens is 1220 g/mol. The van der Waals surface area contributed by atoms with E-state index in [1.54, 1.807) is 41.1 Å². The van der Waals surface area contributed by atoms with Gasteiger partial charge >= 0.3 is 0 Å². The predicted octanol–water partition coefficient (Wildman–Crippen LogP) is 20.5. The van der Waals surface area contributed by atoms with Crippen LogP contribution >= 0.6 is 0 Å². The van der Waals surface area contributed by atoms with Gasteiger partial charge in [0.1, 0.15) is 28.5 Å². The number of rotatable bonds is 10. The second kappa shape index (κ2) is 23.2. The number of hydrogen-bond donors (Lipinski definition) is 0. The number of imidazole rings is 1. The maximum atomic E-state index is 11.2. The van der Waals surface area contributed by atoms with Gasteiger partial charge in [0.05, 0.1) is 70.5 Å². The summed E-state index contributed by atoms with van der Waals surface area (Å²) in [6, 6.07) is 15.1. The Kier molecular flexibility index (Phi) is 8.79. The molecule has 0 saturated carbocycles. The molecule has 0 unspecified atom stereocenters. The third-order valence-corrected chi connectivity index (χ3v) is 22.5. The zero-order valence-electron chi connectivity index (χ0n) is 81.0. The SMILES string of the molecule is [2H]c1c([2H])c([2H])c([Si](c2c([2H])c([2H])c([2H])c([2H])c2[2H])(c2c([2H])c([2H])c([2H])c([2H])c2[2H])c2c([2H])c([2H])c([2H])c(-c3cc4c5c(c3)n(-c3cccc(Oc6ccc7c8ccccc8n(-c8cc(C(C)(C)C)ccn8)c7c6)c3)[c-][n+]5-c3cc(-c5ccc6oc7ccccc7c6c5)c(C(C)(C)C)cc3-c3c([2H])c([2H])c([2H])c([2H])c3-c3c([2H])c([2H])c([2H])c([2H])c3-4)c2[2H])c([2H])c1[2H]. The Morgan fingerprint density at radius 1 is 0.434 bits per heavy atom. The second-order valence-corrected chi connectivity index (χ2v) is 29.9. The second-order valence-electron chi connectivity index (χ2n) is 26.4. The molecule has 4 aromatic heterocycles. The van der Waals surface area contributed by atoms with E-state index in [9.17, 15) is 32.9 Å². The molecule has 0 spiro atoms. The Labute approximate surface area is 615 Å². The van der Waals surface area contributed by atoms with Gasteiger partial charge < -0.3 is 9.15 Å². The molecule has 1 aliphatic heterocycles. The molecule has 0 atom stereocenters. The van der Waals surface area contributed by atoms with Crippen LogP contribution in [0.5, 0.6) is 11.5 Å². The third-order valence-electron chi connectivity index (χ3n) is 18.5. The van der Waals surface area contributed by atoms with Crippen molar-refractivity contribution < 1.29 is 50.7 Å². The number of ether oxygens (including phenoxy) is 1. The average molecular weight is 1320 g/mol. The molecule has 5 heterocycles. The lowest BCUT2D eigenvalue weighted by Gasteiger charge is -2.34. The first-order chi connectivity index (χ1) is 59.5. The van der Waals surface area contributed by atoms with Gasteiger partial charge in [0, 0.05) is 33.8 Å². The van der Waals surface area contributed by atoms with Crippen LogP contribution in [0.2, 0.25) is 0 Å². The van der Waals surface area contributed by atoms with Gasteiger partial charge in [-0.3, -0.25) is 13.7 Å². The molecule has 99 heavy (non-hydrogen) atoms. The third kappa shape index (κ3) is 9.89. The smallest absolute Gasteiger partial charge is 0.269 e. The summed E-state index contributed by atoms with van der Waals surface area (Å²) in [5, 5.41) is -1.04. The van der Waals surface area contributed by atoms with Crippen LogP contribution in [-0.4, -0.2) is 22.2 Å². The number of fused-ring (bicyclic) bond motifs is 13. The van der Waals surface area contributed by atoms with Gasteiger partial charge in [0.25, 0.3) is 6.33 Å². The summed E-state index contributed by atoms with van der Waals surface area (Å²) in [4.78, 5) is 4.89. The van der Waals surface area contributed by atoms with Gasteiger partial charge in [-0.15, -0.1) is 0 Å². The van der Waals surface area contributed by atoms with Crippen molar-refractivity contribution in [2.45, 2.75) is 52.4 Å². The van der Waals surface area contributed by atoms with Crippen LogP contribution in [0.25, 0.3) is 128 Å². The Morgan fingerprint density at radius 2 is 1.05 bits per heavy atom. The summed E-state index contributed by atoms with van der Waals surface area (Å²) in [7, 11) is -6.52. The van der Waals surface area contributed by atoms with Gasteiger partial charge in [0.15, 0.2) is 8.07 Å². The molecule has 0 N–H and O–H groups in total. The van der Waals surface area contributed by atoms with Crippen LogP contribution in [0.3, 0.4) is 0 Å². The molecule has 0 amide bonds. The highest BCUT2D eigenvalue weighted by molar-refractivity contribution is 7.20. The maximum Gasteiger partial charge on any atom is 0.269 e. The van der Waals surface area contributed by atoms with E-state index in [4.69, 9.17) is 18.3 Å². The van der Waals surface area contributed by atoms with E-state index in [0.29, 0.717) is 39.4 Å². The Morgan fingerprint density at radius 3 is 1.75 bits per heavy atom. The summed E-state index contributed by atoms with van der Waals surface area (Å²) in [6.45, 7) is 12.2. The normalized spacial score (nSPS) is 16.2. The van der Waals surface area contributed by atoms with Gasteiger partial charge in [0.2, 0.25) is 0 Å². The van der Waals surface area contributed by atoms with E-state index >= 15 is 0 Å². The lowest BCUT2D eigenvalue weighted by atomic mass is 9.79. The summed E-state index contributed by atoms with van der Waals surface area (Å²) < 4.78 is 282. The molecule has 0 aliphatic carbocycles. The van der Waals surface area contributed by atoms with Gasteiger partial charge in [-0.1, -0.05) is 265 Å². The van der Waals surface area contributed by atoms with Crippen molar-refractivity contribution in [3.05, 3.63) is 332 Å². The van der Waals surface area contributed by atoms with Crippen LogP contribution in [-0.2, 0) is 10.8 Å². The quantitative estimate of drug-likeness (QED) is 0.0593. The Hall–Kier alpha value is -11.9. The zero-order chi connectivity index (χ0) is 90.2. The van der Waals surface area contributed by atoms with Crippen molar-refractivity contribution in [2.75, 3.05) is 0 Å². The van der Waals surface area contributed by atoms with E-state index in [1.807, 2.05) is 124 Å². The number of nitrogens with zero attached hydrogens (tertiary/aromatic N) is 4. The number of pyridine rings is 1. The highest BCUT2D eigenvalue weighted by atomic mass is 28.3. The van der Waals surface area contributed by atoms with Crippen molar-refractivity contribution in [1.29, 1.82) is 0 Å².